The Morgan fingerprint density at radius 2 is 2.00 bits per heavy atom. The van der Waals surface area contributed by atoms with Crippen LogP contribution in [0.5, 0.6) is 0 Å². The van der Waals surface area contributed by atoms with Gasteiger partial charge >= 0.3 is 0 Å². The summed E-state index contributed by atoms with van der Waals surface area (Å²) in [6, 6.07) is 15.9. The zero-order valence-electron chi connectivity index (χ0n) is 10.8. The molecule has 94 valence electrons. The lowest BCUT2D eigenvalue weighted by molar-refractivity contribution is 0.0993. The maximum absolute atomic E-state index is 12.2. The minimum Gasteiger partial charge on any atom is -0.361 e. The molecule has 0 unspecified atom stereocenters. The molecule has 0 aliphatic heterocycles. The number of hydrogen-bond acceptors (Lipinski definition) is 1. The van der Waals surface area contributed by atoms with Crippen molar-refractivity contribution in [2.75, 3.05) is 0 Å². The van der Waals surface area contributed by atoms with Crippen molar-refractivity contribution in [2.24, 2.45) is 0 Å². The van der Waals surface area contributed by atoms with Gasteiger partial charge in [0, 0.05) is 23.7 Å². The van der Waals surface area contributed by atoms with Gasteiger partial charge in [-0.3, -0.25) is 4.79 Å². The average Bonchev–Trinajstić information content (AvgIpc) is 2.86. The van der Waals surface area contributed by atoms with E-state index in [1.54, 1.807) is 0 Å². The fraction of sp³-hybridized carbons (Fsp3) is 0.118. The highest BCUT2D eigenvalue weighted by atomic mass is 16.1. The van der Waals surface area contributed by atoms with Crippen LogP contribution in [0.15, 0.2) is 54.7 Å². The molecule has 0 radical (unpaired) electrons. The molecule has 0 atom stereocenters. The third-order valence-corrected chi connectivity index (χ3v) is 3.32. The maximum atomic E-state index is 12.2. The molecular weight excluding hydrogens is 234 g/mol. The van der Waals surface area contributed by atoms with Crippen molar-refractivity contribution in [3.8, 4) is 0 Å². The third-order valence-electron chi connectivity index (χ3n) is 3.32. The van der Waals surface area contributed by atoms with Crippen LogP contribution in [0.1, 0.15) is 21.5 Å². The Bertz CT molecular complexity index is 740. The molecule has 0 spiro atoms. The van der Waals surface area contributed by atoms with E-state index in [0.717, 1.165) is 27.6 Å². The van der Waals surface area contributed by atoms with Gasteiger partial charge in [0.15, 0.2) is 5.78 Å². The average molecular weight is 249 g/mol. The SMILES string of the molecule is Cc1cccc(C(=O)Cc2ccc3[nH]ccc3c2)c1. The van der Waals surface area contributed by atoms with E-state index in [1.165, 1.54) is 0 Å². The van der Waals surface area contributed by atoms with Gasteiger partial charge in [-0.1, -0.05) is 29.8 Å². The fourth-order valence-corrected chi connectivity index (χ4v) is 2.32. The standard InChI is InChI=1S/C17H15NO/c1-12-3-2-4-15(9-12)17(19)11-13-5-6-16-14(10-13)7-8-18-16/h2-10,18H,11H2,1H3. The summed E-state index contributed by atoms with van der Waals surface area (Å²) in [4.78, 5) is 15.4. The number of aromatic amines is 1. The van der Waals surface area contributed by atoms with Crippen LogP contribution in [-0.2, 0) is 6.42 Å². The van der Waals surface area contributed by atoms with Gasteiger partial charge in [-0.2, -0.15) is 0 Å². The zero-order valence-corrected chi connectivity index (χ0v) is 10.8. The summed E-state index contributed by atoms with van der Waals surface area (Å²) >= 11 is 0. The molecule has 2 aromatic carbocycles. The van der Waals surface area contributed by atoms with Crippen LogP contribution in [0.2, 0.25) is 0 Å². The van der Waals surface area contributed by atoms with Crippen LogP contribution >= 0.6 is 0 Å². The van der Waals surface area contributed by atoms with Crippen molar-refractivity contribution in [3.05, 3.63) is 71.4 Å². The number of ketones is 1. The lowest BCUT2D eigenvalue weighted by Gasteiger charge is -2.03. The van der Waals surface area contributed by atoms with Crippen LogP contribution in [0, 0.1) is 6.92 Å². The largest absolute Gasteiger partial charge is 0.361 e. The van der Waals surface area contributed by atoms with Crippen LogP contribution in [0.25, 0.3) is 10.9 Å². The lowest BCUT2D eigenvalue weighted by Crippen LogP contribution is -2.03. The summed E-state index contributed by atoms with van der Waals surface area (Å²) in [6.07, 6.45) is 2.36. The zero-order chi connectivity index (χ0) is 13.2. The molecule has 0 saturated heterocycles. The highest BCUT2D eigenvalue weighted by molar-refractivity contribution is 5.98. The second-order valence-electron chi connectivity index (χ2n) is 4.87. The van der Waals surface area contributed by atoms with E-state index in [9.17, 15) is 4.79 Å². The van der Waals surface area contributed by atoms with E-state index in [4.69, 9.17) is 0 Å². The normalized spacial score (nSPS) is 10.8. The molecule has 0 bridgehead atoms. The highest BCUT2D eigenvalue weighted by Gasteiger charge is 2.07. The molecule has 3 aromatic rings. The summed E-state index contributed by atoms with van der Waals surface area (Å²) in [5.41, 5.74) is 4.06. The molecule has 0 aliphatic carbocycles. The van der Waals surface area contributed by atoms with Gasteiger partial charge in [0.2, 0.25) is 0 Å². The highest BCUT2D eigenvalue weighted by Crippen LogP contribution is 2.16. The number of carbonyl (C=O) groups excluding carboxylic acids is 1. The maximum Gasteiger partial charge on any atom is 0.167 e. The van der Waals surface area contributed by atoms with Gasteiger partial charge in [0.25, 0.3) is 0 Å². The van der Waals surface area contributed by atoms with Crippen molar-refractivity contribution in [1.29, 1.82) is 0 Å². The van der Waals surface area contributed by atoms with E-state index in [2.05, 4.69) is 11.1 Å². The third kappa shape index (κ3) is 2.43. The van der Waals surface area contributed by atoms with Crippen molar-refractivity contribution < 1.29 is 4.79 Å². The molecule has 1 aromatic heterocycles. The molecule has 19 heavy (non-hydrogen) atoms. The summed E-state index contributed by atoms with van der Waals surface area (Å²) in [5, 5.41) is 1.15. The second kappa shape index (κ2) is 4.73. The van der Waals surface area contributed by atoms with Crippen molar-refractivity contribution >= 4 is 16.7 Å². The topological polar surface area (TPSA) is 32.9 Å². The Morgan fingerprint density at radius 3 is 2.84 bits per heavy atom. The molecule has 0 aliphatic rings. The van der Waals surface area contributed by atoms with Gasteiger partial charge in [-0.25, -0.2) is 0 Å². The molecule has 1 heterocycles. The van der Waals surface area contributed by atoms with Gasteiger partial charge in [-0.05, 0) is 42.1 Å². The Labute approximate surface area is 112 Å². The van der Waals surface area contributed by atoms with E-state index in [-0.39, 0.29) is 5.78 Å². The minimum absolute atomic E-state index is 0.165. The monoisotopic (exact) mass is 249 g/mol. The van der Waals surface area contributed by atoms with Crippen molar-refractivity contribution in [2.45, 2.75) is 13.3 Å². The fourth-order valence-electron chi connectivity index (χ4n) is 2.32. The number of nitrogens with one attached hydrogen (secondary N) is 1. The van der Waals surface area contributed by atoms with Crippen LogP contribution < -0.4 is 0 Å². The van der Waals surface area contributed by atoms with Crippen LogP contribution in [0.3, 0.4) is 0 Å². The number of aromatic nitrogens is 1. The first-order chi connectivity index (χ1) is 9.22. The molecular formula is C17H15NO. The molecule has 3 rings (SSSR count). The van der Waals surface area contributed by atoms with E-state index in [1.807, 2.05) is 55.6 Å². The Balaban J connectivity index is 1.86. The molecule has 0 fully saturated rings. The predicted octanol–water partition coefficient (Wildman–Crippen LogP) is 3.90. The number of carbonyl (C=O) groups is 1. The smallest absolute Gasteiger partial charge is 0.167 e. The Morgan fingerprint density at radius 1 is 1.11 bits per heavy atom. The minimum atomic E-state index is 0.165. The van der Waals surface area contributed by atoms with E-state index in [0.29, 0.717) is 6.42 Å². The summed E-state index contributed by atoms with van der Waals surface area (Å²) in [6.45, 7) is 2.00. The van der Waals surface area contributed by atoms with Crippen LogP contribution in [-0.4, -0.2) is 10.8 Å². The first-order valence-corrected chi connectivity index (χ1v) is 6.38. The lowest BCUT2D eigenvalue weighted by atomic mass is 10.0. The van der Waals surface area contributed by atoms with Crippen LogP contribution in [0.4, 0.5) is 0 Å². The van der Waals surface area contributed by atoms with Gasteiger partial charge in [-0.15, -0.1) is 0 Å². The molecule has 2 nitrogen and oxygen atoms in total. The van der Waals surface area contributed by atoms with Gasteiger partial charge in [0.1, 0.15) is 0 Å². The Kier molecular flexibility index (Phi) is 2.92. The molecule has 2 heteroatoms. The number of rotatable bonds is 3. The summed E-state index contributed by atoms with van der Waals surface area (Å²) < 4.78 is 0. The van der Waals surface area contributed by atoms with Gasteiger partial charge < -0.3 is 4.98 Å². The number of Topliss-reactive ketones (excluding diaryl/α,β-unsaturated/α-hetero) is 1. The first kappa shape index (κ1) is 11.7. The van der Waals surface area contributed by atoms with Crippen molar-refractivity contribution in [3.63, 3.8) is 0 Å². The molecule has 0 saturated carbocycles. The quantitative estimate of drug-likeness (QED) is 0.701. The number of aryl methyl sites for hydroxylation is 1. The predicted molar refractivity (Wildman–Crippen MR) is 77.5 cm³/mol. The first-order valence-electron chi connectivity index (χ1n) is 6.38. The van der Waals surface area contributed by atoms with E-state index >= 15 is 0 Å². The second-order valence-corrected chi connectivity index (χ2v) is 4.87. The molecule has 0 amide bonds. The van der Waals surface area contributed by atoms with Crippen molar-refractivity contribution in [1.82, 2.24) is 4.98 Å². The number of hydrogen-bond donors (Lipinski definition) is 1. The van der Waals surface area contributed by atoms with E-state index < -0.39 is 0 Å². The Hall–Kier alpha value is -2.35. The number of fused-ring (bicyclic) bond motifs is 1. The number of H-pyrrole nitrogens is 1. The van der Waals surface area contributed by atoms with Gasteiger partial charge in [0.05, 0.1) is 0 Å². The summed E-state index contributed by atoms with van der Waals surface area (Å²) in [5.74, 6) is 0.165. The summed E-state index contributed by atoms with van der Waals surface area (Å²) in [7, 11) is 0. The molecule has 1 N–H and O–H groups in total. The number of benzene rings is 2.